The zero-order chi connectivity index (χ0) is 18.7. The molecule has 0 saturated heterocycles. The van der Waals surface area contributed by atoms with Gasteiger partial charge in [-0.25, -0.2) is 4.98 Å². The summed E-state index contributed by atoms with van der Waals surface area (Å²) in [5, 5.41) is 14.6. The van der Waals surface area contributed by atoms with Crippen molar-refractivity contribution < 1.29 is 9.66 Å². The molecule has 0 saturated carbocycles. The molecule has 1 aromatic heterocycles. The second-order valence-corrected chi connectivity index (χ2v) is 6.94. The molecule has 3 rings (SSSR count). The van der Waals surface area contributed by atoms with Gasteiger partial charge in [-0.2, -0.15) is 4.98 Å². The number of hydrogen-bond donors (Lipinski definition) is 1. The van der Waals surface area contributed by atoms with Crippen molar-refractivity contribution in [2.24, 2.45) is 0 Å². The van der Waals surface area contributed by atoms with E-state index in [1.54, 1.807) is 12.1 Å². The molecule has 0 atom stereocenters. The summed E-state index contributed by atoms with van der Waals surface area (Å²) in [6, 6.07) is 13.0. The highest BCUT2D eigenvalue weighted by molar-refractivity contribution is 14.1. The fourth-order valence-corrected chi connectivity index (χ4v) is 2.83. The van der Waals surface area contributed by atoms with Gasteiger partial charge in [-0.05, 0) is 84.0 Å². The fourth-order valence-electron chi connectivity index (χ4n) is 2.47. The monoisotopic (exact) mass is 462 g/mol. The topological polar surface area (TPSA) is 90.2 Å². The number of aryl methyl sites for hydroxylation is 2. The average molecular weight is 462 g/mol. The molecule has 7 nitrogen and oxygen atoms in total. The minimum Gasteiger partial charge on any atom is -0.434 e. The number of ether oxygens (including phenoxy) is 1. The van der Waals surface area contributed by atoms with E-state index in [0.29, 0.717) is 11.4 Å². The maximum atomic E-state index is 11.6. The van der Waals surface area contributed by atoms with Crippen LogP contribution in [0.1, 0.15) is 11.1 Å². The van der Waals surface area contributed by atoms with Crippen molar-refractivity contribution in [3.8, 4) is 11.6 Å². The van der Waals surface area contributed by atoms with Gasteiger partial charge in [0.1, 0.15) is 12.1 Å². The van der Waals surface area contributed by atoms with Crippen LogP contribution in [0.25, 0.3) is 0 Å². The first-order valence-electron chi connectivity index (χ1n) is 7.70. The Morgan fingerprint density at radius 1 is 1.08 bits per heavy atom. The Morgan fingerprint density at radius 2 is 1.73 bits per heavy atom. The number of benzene rings is 2. The molecule has 132 valence electrons. The third-order valence-corrected chi connectivity index (χ3v) is 4.21. The van der Waals surface area contributed by atoms with Gasteiger partial charge in [0.2, 0.25) is 5.82 Å². The number of hydrogen-bond acceptors (Lipinski definition) is 6. The summed E-state index contributed by atoms with van der Waals surface area (Å²) in [6.45, 7) is 3.86. The standard InChI is InChI=1S/C18H15IN4O3/c1-11-7-12(2)9-15(8-11)26-18-16(23(24)25)17(20-10-21-18)22-14-5-3-13(19)4-6-14/h3-10H,1-2H3,(H,20,21,22). The van der Waals surface area contributed by atoms with Crippen molar-refractivity contribution in [3.05, 3.63) is 73.6 Å². The third-order valence-electron chi connectivity index (χ3n) is 3.49. The number of nitrogens with zero attached hydrogens (tertiary/aromatic N) is 3. The number of nitrogens with one attached hydrogen (secondary N) is 1. The van der Waals surface area contributed by atoms with Crippen LogP contribution in [0.2, 0.25) is 0 Å². The molecule has 2 aromatic carbocycles. The summed E-state index contributed by atoms with van der Waals surface area (Å²) in [6.07, 6.45) is 1.24. The highest BCUT2D eigenvalue weighted by Gasteiger charge is 2.25. The first kappa shape index (κ1) is 18.1. The Morgan fingerprint density at radius 3 is 2.35 bits per heavy atom. The van der Waals surface area contributed by atoms with Crippen LogP contribution in [-0.2, 0) is 0 Å². The van der Waals surface area contributed by atoms with Crippen LogP contribution in [-0.4, -0.2) is 14.9 Å². The van der Waals surface area contributed by atoms with Crippen LogP contribution >= 0.6 is 22.6 Å². The average Bonchev–Trinajstić information content (AvgIpc) is 2.56. The second kappa shape index (κ2) is 7.65. The molecule has 0 aliphatic carbocycles. The van der Waals surface area contributed by atoms with E-state index in [4.69, 9.17) is 4.74 Å². The summed E-state index contributed by atoms with van der Waals surface area (Å²) < 4.78 is 6.76. The normalized spacial score (nSPS) is 10.4. The summed E-state index contributed by atoms with van der Waals surface area (Å²) in [5.41, 5.74) is 2.36. The molecule has 0 aliphatic rings. The minimum atomic E-state index is -0.549. The Bertz CT molecular complexity index is 941. The first-order chi connectivity index (χ1) is 12.4. The van der Waals surface area contributed by atoms with E-state index in [-0.39, 0.29) is 17.4 Å². The van der Waals surface area contributed by atoms with Crippen LogP contribution in [0.5, 0.6) is 11.6 Å². The van der Waals surface area contributed by atoms with Crippen molar-refractivity contribution in [3.63, 3.8) is 0 Å². The van der Waals surface area contributed by atoms with Crippen molar-refractivity contribution in [1.82, 2.24) is 9.97 Å². The van der Waals surface area contributed by atoms with Crippen LogP contribution in [0.4, 0.5) is 17.2 Å². The Labute approximate surface area is 163 Å². The van der Waals surface area contributed by atoms with E-state index in [0.717, 1.165) is 14.7 Å². The molecule has 0 unspecified atom stereocenters. The molecule has 0 radical (unpaired) electrons. The van der Waals surface area contributed by atoms with Crippen molar-refractivity contribution in [2.75, 3.05) is 5.32 Å². The van der Waals surface area contributed by atoms with Crippen molar-refractivity contribution in [2.45, 2.75) is 13.8 Å². The number of aromatic nitrogens is 2. The van der Waals surface area contributed by atoms with E-state index < -0.39 is 4.92 Å². The molecule has 1 N–H and O–H groups in total. The summed E-state index contributed by atoms with van der Waals surface area (Å²) in [5.74, 6) is 0.457. The molecular formula is C18H15IN4O3. The molecular weight excluding hydrogens is 447 g/mol. The van der Waals surface area contributed by atoms with Crippen LogP contribution < -0.4 is 10.1 Å². The number of anilines is 2. The maximum absolute atomic E-state index is 11.6. The van der Waals surface area contributed by atoms with Gasteiger partial charge >= 0.3 is 11.6 Å². The Hall–Kier alpha value is -2.75. The number of nitro groups is 1. The lowest BCUT2D eigenvalue weighted by molar-refractivity contribution is -0.385. The number of halogens is 1. The molecule has 8 heteroatoms. The Balaban J connectivity index is 1.98. The molecule has 0 fully saturated rings. The maximum Gasteiger partial charge on any atom is 0.373 e. The summed E-state index contributed by atoms with van der Waals surface area (Å²) in [4.78, 5) is 19.0. The summed E-state index contributed by atoms with van der Waals surface area (Å²) in [7, 11) is 0. The quantitative estimate of drug-likeness (QED) is 0.321. The highest BCUT2D eigenvalue weighted by atomic mass is 127. The lowest BCUT2D eigenvalue weighted by Gasteiger charge is -2.10. The van der Waals surface area contributed by atoms with Gasteiger partial charge in [0.15, 0.2) is 0 Å². The van der Waals surface area contributed by atoms with E-state index in [9.17, 15) is 10.1 Å². The van der Waals surface area contributed by atoms with E-state index in [1.807, 2.05) is 44.2 Å². The van der Waals surface area contributed by atoms with E-state index in [1.165, 1.54) is 6.33 Å². The zero-order valence-electron chi connectivity index (χ0n) is 14.1. The van der Waals surface area contributed by atoms with Gasteiger partial charge in [-0.3, -0.25) is 10.1 Å². The van der Waals surface area contributed by atoms with Gasteiger partial charge in [0.05, 0.1) is 4.92 Å². The lowest BCUT2D eigenvalue weighted by atomic mass is 10.1. The SMILES string of the molecule is Cc1cc(C)cc(Oc2ncnc(Nc3ccc(I)cc3)c2[N+](=O)[O-])c1. The molecule has 0 spiro atoms. The van der Waals surface area contributed by atoms with Gasteiger partial charge < -0.3 is 10.1 Å². The zero-order valence-corrected chi connectivity index (χ0v) is 16.2. The third kappa shape index (κ3) is 4.26. The van der Waals surface area contributed by atoms with Gasteiger partial charge in [0, 0.05) is 9.26 Å². The molecule has 1 heterocycles. The van der Waals surface area contributed by atoms with Gasteiger partial charge in [-0.15, -0.1) is 0 Å². The minimum absolute atomic E-state index is 0.0746. The van der Waals surface area contributed by atoms with Crippen LogP contribution in [0.15, 0.2) is 48.8 Å². The largest absolute Gasteiger partial charge is 0.434 e. The fraction of sp³-hybridized carbons (Fsp3) is 0.111. The van der Waals surface area contributed by atoms with Gasteiger partial charge in [0.25, 0.3) is 0 Å². The molecule has 26 heavy (non-hydrogen) atoms. The van der Waals surface area contributed by atoms with Crippen LogP contribution in [0, 0.1) is 27.5 Å². The molecule has 0 aliphatic heterocycles. The first-order valence-corrected chi connectivity index (χ1v) is 8.78. The lowest BCUT2D eigenvalue weighted by Crippen LogP contribution is -2.03. The van der Waals surface area contributed by atoms with Crippen molar-refractivity contribution in [1.29, 1.82) is 0 Å². The predicted octanol–water partition coefficient (Wildman–Crippen LogP) is 5.14. The smallest absolute Gasteiger partial charge is 0.373 e. The summed E-state index contributed by atoms with van der Waals surface area (Å²) >= 11 is 2.19. The van der Waals surface area contributed by atoms with Crippen molar-refractivity contribution >= 4 is 39.8 Å². The predicted molar refractivity (Wildman–Crippen MR) is 107 cm³/mol. The molecule has 3 aromatic rings. The van der Waals surface area contributed by atoms with Gasteiger partial charge in [-0.1, -0.05) is 6.07 Å². The van der Waals surface area contributed by atoms with E-state index >= 15 is 0 Å². The van der Waals surface area contributed by atoms with Crippen LogP contribution in [0.3, 0.4) is 0 Å². The molecule has 0 bridgehead atoms. The molecule has 0 amide bonds. The number of rotatable bonds is 5. The Kier molecular flexibility index (Phi) is 5.31. The second-order valence-electron chi connectivity index (χ2n) is 5.69. The van der Waals surface area contributed by atoms with E-state index in [2.05, 4.69) is 37.9 Å². The highest BCUT2D eigenvalue weighted by Crippen LogP contribution is 2.35.